The molecule has 3 rings (SSSR count). The van der Waals surface area contributed by atoms with Gasteiger partial charge in [0.2, 0.25) is 5.91 Å². The van der Waals surface area contributed by atoms with Gasteiger partial charge in [-0.15, -0.1) is 0 Å². The maximum Gasteiger partial charge on any atom is 0.325 e. The maximum atomic E-state index is 11.9. The second-order valence-electron chi connectivity index (χ2n) is 6.54. The largest absolute Gasteiger partial charge is 0.480 e. The lowest BCUT2D eigenvalue weighted by Gasteiger charge is -2.31. The van der Waals surface area contributed by atoms with Crippen LogP contribution in [-0.4, -0.2) is 51.5 Å². The molecule has 0 spiro atoms. The molecule has 1 saturated heterocycles. The lowest BCUT2D eigenvalue weighted by Crippen LogP contribution is -2.39. The predicted molar refractivity (Wildman–Crippen MR) is 101 cm³/mol. The number of anilines is 1. The number of aromatic nitrogens is 1. The third-order valence-electron chi connectivity index (χ3n) is 4.44. The van der Waals surface area contributed by atoms with E-state index in [1.165, 1.54) is 0 Å². The highest BCUT2D eigenvalue weighted by atomic mass is 32.2. The number of carboxylic acids is 1. The summed E-state index contributed by atoms with van der Waals surface area (Å²) in [6.07, 6.45) is 1.78. The molecule has 1 aliphatic heterocycles. The standard InChI is InChI=1S/C18H23N3O3S/c1-11(2)17(22)20-12-3-4-13-14(10-19-15(13)9-12)16(18(23)24)21-5-7-25-8-6-21/h3-4,9-11,16,19H,5-8H2,1-2H3,(H,20,22)(H,23,24). The van der Waals surface area contributed by atoms with Crippen molar-refractivity contribution in [1.29, 1.82) is 0 Å². The van der Waals surface area contributed by atoms with E-state index in [4.69, 9.17) is 0 Å². The summed E-state index contributed by atoms with van der Waals surface area (Å²) >= 11 is 1.86. The molecule has 134 valence electrons. The molecule has 25 heavy (non-hydrogen) atoms. The van der Waals surface area contributed by atoms with Gasteiger partial charge in [-0.3, -0.25) is 14.5 Å². The summed E-state index contributed by atoms with van der Waals surface area (Å²) < 4.78 is 0. The highest BCUT2D eigenvalue weighted by Crippen LogP contribution is 2.31. The van der Waals surface area contributed by atoms with Crippen molar-refractivity contribution in [3.8, 4) is 0 Å². The van der Waals surface area contributed by atoms with E-state index in [1.807, 2.05) is 48.7 Å². The van der Waals surface area contributed by atoms with Crippen LogP contribution in [0.15, 0.2) is 24.4 Å². The van der Waals surface area contributed by atoms with Gasteiger partial charge in [0.25, 0.3) is 0 Å². The van der Waals surface area contributed by atoms with E-state index in [9.17, 15) is 14.7 Å². The summed E-state index contributed by atoms with van der Waals surface area (Å²) in [5, 5.41) is 13.5. The fraction of sp³-hybridized carbons (Fsp3) is 0.444. The first kappa shape index (κ1) is 17.8. The average Bonchev–Trinajstić information content (AvgIpc) is 2.98. The lowest BCUT2D eigenvalue weighted by molar-refractivity contribution is -0.143. The molecule has 7 heteroatoms. The summed E-state index contributed by atoms with van der Waals surface area (Å²) in [6.45, 7) is 5.23. The normalized spacial score (nSPS) is 16.9. The zero-order chi connectivity index (χ0) is 18.0. The molecule has 2 heterocycles. The third kappa shape index (κ3) is 3.82. The third-order valence-corrected chi connectivity index (χ3v) is 5.39. The number of aliphatic carboxylic acids is 1. The van der Waals surface area contributed by atoms with Gasteiger partial charge in [0.1, 0.15) is 6.04 Å². The Morgan fingerprint density at radius 2 is 2.00 bits per heavy atom. The minimum atomic E-state index is -0.829. The van der Waals surface area contributed by atoms with Gasteiger partial charge in [0, 0.05) is 58.9 Å². The Morgan fingerprint density at radius 1 is 1.28 bits per heavy atom. The van der Waals surface area contributed by atoms with E-state index in [0.29, 0.717) is 5.69 Å². The Morgan fingerprint density at radius 3 is 2.64 bits per heavy atom. The van der Waals surface area contributed by atoms with Gasteiger partial charge in [-0.25, -0.2) is 0 Å². The number of nitrogens with zero attached hydrogens (tertiary/aromatic N) is 1. The van der Waals surface area contributed by atoms with E-state index < -0.39 is 12.0 Å². The van der Waals surface area contributed by atoms with Crippen LogP contribution >= 0.6 is 11.8 Å². The molecule has 1 aromatic heterocycles. The number of hydrogen-bond acceptors (Lipinski definition) is 4. The number of H-pyrrole nitrogens is 1. The van der Waals surface area contributed by atoms with Crippen LogP contribution in [-0.2, 0) is 9.59 Å². The zero-order valence-electron chi connectivity index (χ0n) is 14.4. The van der Waals surface area contributed by atoms with Crippen molar-refractivity contribution < 1.29 is 14.7 Å². The summed E-state index contributed by atoms with van der Waals surface area (Å²) in [5.74, 6) is 0.947. The number of fused-ring (bicyclic) bond motifs is 1. The number of thioether (sulfide) groups is 1. The van der Waals surface area contributed by atoms with E-state index in [2.05, 4.69) is 10.3 Å². The monoisotopic (exact) mass is 361 g/mol. The zero-order valence-corrected chi connectivity index (χ0v) is 15.2. The first-order chi connectivity index (χ1) is 12.0. The molecule has 1 atom stereocenters. The summed E-state index contributed by atoms with van der Waals surface area (Å²) in [4.78, 5) is 28.9. The van der Waals surface area contributed by atoms with Crippen LogP contribution in [0.2, 0.25) is 0 Å². The van der Waals surface area contributed by atoms with Crippen molar-refractivity contribution >= 4 is 40.2 Å². The topological polar surface area (TPSA) is 85.4 Å². The fourth-order valence-electron chi connectivity index (χ4n) is 3.06. The Bertz CT molecular complexity index is 781. The number of benzene rings is 1. The highest BCUT2D eigenvalue weighted by molar-refractivity contribution is 7.99. The highest BCUT2D eigenvalue weighted by Gasteiger charge is 2.30. The van der Waals surface area contributed by atoms with Crippen LogP contribution in [0.25, 0.3) is 10.9 Å². The van der Waals surface area contributed by atoms with Gasteiger partial charge in [0.05, 0.1) is 0 Å². The summed E-state index contributed by atoms with van der Waals surface area (Å²) in [6, 6.07) is 4.91. The molecular weight excluding hydrogens is 338 g/mol. The molecule has 0 saturated carbocycles. The quantitative estimate of drug-likeness (QED) is 0.762. The van der Waals surface area contributed by atoms with Gasteiger partial charge in [-0.2, -0.15) is 11.8 Å². The average molecular weight is 361 g/mol. The number of rotatable bonds is 5. The Balaban J connectivity index is 1.91. The molecule has 1 amide bonds. The van der Waals surface area contributed by atoms with Gasteiger partial charge in [-0.05, 0) is 12.1 Å². The Hall–Kier alpha value is -1.99. The molecule has 1 fully saturated rings. The molecule has 6 nitrogen and oxygen atoms in total. The van der Waals surface area contributed by atoms with Crippen LogP contribution in [0.3, 0.4) is 0 Å². The number of amides is 1. The number of aromatic amines is 1. The molecule has 1 aliphatic rings. The van der Waals surface area contributed by atoms with Crippen molar-refractivity contribution in [2.45, 2.75) is 19.9 Å². The van der Waals surface area contributed by atoms with Crippen LogP contribution in [0.4, 0.5) is 5.69 Å². The SMILES string of the molecule is CC(C)C(=O)Nc1ccc2c(C(C(=O)O)N3CCSCC3)c[nH]c2c1. The van der Waals surface area contributed by atoms with Gasteiger partial charge in [-0.1, -0.05) is 19.9 Å². The van der Waals surface area contributed by atoms with Crippen molar-refractivity contribution in [2.24, 2.45) is 5.92 Å². The van der Waals surface area contributed by atoms with Crippen molar-refractivity contribution in [3.63, 3.8) is 0 Å². The molecular formula is C18H23N3O3S. The first-order valence-electron chi connectivity index (χ1n) is 8.44. The van der Waals surface area contributed by atoms with E-state index in [1.54, 1.807) is 6.20 Å². The van der Waals surface area contributed by atoms with Crippen molar-refractivity contribution in [1.82, 2.24) is 9.88 Å². The van der Waals surface area contributed by atoms with E-state index >= 15 is 0 Å². The molecule has 1 aromatic carbocycles. The fourth-order valence-corrected chi connectivity index (χ4v) is 3.99. The number of hydrogen-bond donors (Lipinski definition) is 3. The smallest absolute Gasteiger partial charge is 0.325 e. The second-order valence-corrected chi connectivity index (χ2v) is 7.76. The molecule has 2 aromatic rings. The second kappa shape index (κ2) is 7.49. The number of carbonyl (C=O) groups excluding carboxylic acids is 1. The molecule has 0 radical (unpaired) electrons. The summed E-state index contributed by atoms with van der Waals surface area (Å²) in [7, 11) is 0. The van der Waals surface area contributed by atoms with Gasteiger partial charge in [0.15, 0.2) is 0 Å². The van der Waals surface area contributed by atoms with Crippen LogP contribution in [0, 0.1) is 5.92 Å². The van der Waals surface area contributed by atoms with Crippen LogP contribution in [0.1, 0.15) is 25.5 Å². The van der Waals surface area contributed by atoms with Crippen molar-refractivity contribution in [3.05, 3.63) is 30.0 Å². The minimum Gasteiger partial charge on any atom is -0.480 e. The number of nitrogens with one attached hydrogen (secondary N) is 2. The molecule has 1 unspecified atom stereocenters. The van der Waals surface area contributed by atoms with Gasteiger partial charge >= 0.3 is 5.97 Å². The number of carboxylic acid groups (broad SMARTS) is 1. The molecule has 0 bridgehead atoms. The Kier molecular flexibility index (Phi) is 5.34. The van der Waals surface area contributed by atoms with Crippen LogP contribution in [0.5, 0.6) is 0 Å². The number of carbonyl (C=O) groups is 2. The van der Waals surface area contributed by atoms with E-state index in [-0.39, 0.29) is 11.8 Å². The van der Waals surface area contributed by atoms with Crippen molar-refractivity contribution in [2.75, 3.05) is 29.9 Å². The minimum absolute atomic E-state index is 0.0413. The van der Waals surface area contributed by atoms with Crippen LogP contribution < -0.4 is 5.32 Å². The lowest BCUT2D eigenvalue weighted by atomic mass is 10.0. The van der Waals surface area contributed by atoms with E-state index in [0.717, 1.165) is 41.1 Å². The first-order valence-corrected chi connectivity index (χ1v) is 9.59. The molecule has 0 aliphatic carbocycles. The van der Waals surface area contributed by atoms with Gasteiger partial charge < -0.3 is 15.4 Å². The maximum absolute atomic E-state index is 11.9. The predicted octanol–water partition coefficient (Wildman–Crippen LogP) is 2.94. The summed E-state index contributed by atoms with van der Waals surface area (Å²) in [5.41, 5.74) is 2.31. The molecule has 3 N–H and O–H groups in total. The Labute approximate surface area is 151 Å².